The van der Waals surface area contributed by atoms with Gasteiger partial charge in [-0.2, -0.15) is 12.6 Å². The number of hydrogen-bond acceptors (Lipinski definition) is 6. The standard InChI is InChI=1S/C17H29NO4S/c1-10-4-5-13-11(2)14(18-8-9-23)19-15-17(13)12(10)6-7-16(3,20-15)21-22-17/h10-15,18,23H,4-9H2,1-3H3/t10-,11-,12+,13?,14?,15-,16?,17-/m1/s1. The first-order valence-corrected chi connectivity index (χ1v) is 9.68. The molecule has 1 spiro atoms. The van der Waals surface area contributed by atoms with Gasteiger partial charge < -0.3 is 9.47 Å². The summed E-state index contributed by atoms with van der Waals surface area (Å²) in [7, 11) is 0. The Kier molecular flexibility index (Phi) is 4.23. The molecule has 132 valence electrons. The largest absolute Gasteiger partial charge is 0.331 e. The first-order chi connectivity index (χ1) is 11.0. The minimum atomic E-state index is -0.688. The second-order valence-corrected chi connectivity index (χ2v) is 8.45. The summed E-state index contributed by atoms with van der Waals surface area (Å²) in [5.74, 6) is 1.90. The van der Waals surface area contributed by atoms with Crippen LogP contribution < -0.4 is 5.32 Å². The van der Waals surface area contributed by atoms with Gasteiger partial charge in [0.05, 0.1) is 0 Å². The maximum absolute atomic E-state index is 6.39. The Balaban J connectivity index is 1.70. The fraction of sp³-hybridized carbons (Fsp3) is 1.00. The van der Waals surface area contributed by atoms with E-state index in [-0.39, 0.29) is 12.5 Å². The van der Waals surface area contributed by atoms with Gasteiger partial charge in [-0.1, -0.05) is 13.8 Å². The van der Waals surface area contributed by atoms with Crippen LogP contribution in [0.3, 0.4) is 0 Å². The summed E-state index contributed by atoms with van der Waals surface area (Å²) in [6.07, 6.45) is 3.96. The second-order valence-electron chi connectivity index (χ2n) is 8.00. The van der Waals surface area contributed by atoms with Gasteiger partial charge in [0.15, 0.2) is 11.9 Å². The van der Waals surface area contributed by atoms with Gasteiger partial charge in [0.1, 0.15) is 6.23 Å². The number of ether oxygens (including phenoxy) is 2. The summed E-state index contributed by atoms with van der Waals surface area (Å²) in [5, 5.41) is 3.48. The Bertz CT molecular complexity index is 466. The maximum Gasteiger partial charge on any atom is 0.201 e. The number of rotatable bonds is 3. The van der Waals surface area contributed by atoms with Gasteiger partial charge in [0, 0.05) is 30.6 Å². The van der Waals surface area contributed by atoms with Crippen molar-refractivity contribution in [2.45, 2.75) is 70.4 Å². The van der Waals surface area contributed by atoms with Gasteiger partial charge in [-0.3, -0.25) is 5.32 Å². The van der Waals surface area contributed by atoms with Gasteiger partial charge >= 0.3 is 0 Å². The fourth-order valence-corrected chi connectivity index (χ4v) is 5.47. The fourth-order valence-electron chi connectivity index (χ4n) is 5.35. The molecular formula is C17H29NO4S. The maximum atomic E-state index is 6.39. The van der Waals surface area contributed by atoms with E-state index in [1.54, 1.807) is 0 Å². The van der Waals surface area contributed by atoms with E-state index < -0.39 is 11.4 Å². The molecule has 2 bridgehead atoms. The van der Waals surface area contributed by atoms with Gasteiger partial charge in [-0.25, -0.2) is 9.78 Å². The second kappa shape index (κ2) is 5.85. The van der Waals surface area contributed by atoms with E-state index in [0.29, 0.717) is 23.7 Å². The molecule has 0 amide bonds. The summed E-state index contributed by atoms with van der Waals surface area (Å²) in [4.78, 5) is 11.9. The van der Waals surface area contributed by atoms with Crippen LogP contribution in [-0.4, -0.2) is 36.2 Å². The zero-order chi connectivity index (χ0) is 16.2. The van der Waals surface area contributed by atoms with Crippen molar-refractivity contribution in [2.75, 3.05) is 12.3 Å². The van der Waals surface area contributed by atoms with Crippen LogP contribution in [0.4, 0.5) is 0 Å². The minimum Gasteiger partial charge on any atom is -0.331 e. The molecule has 5 nitrogen and oxygen atoms in total. The van der Waals surface area contributed by atoms with Gasteiger partial charge in [0.2, 0.25) is 5.79 Å². The highest BCUT2D eigenvalue weighted by Crippen LogP contribution is 2.60. The lowest BCUT2D eigenvalue weighted by molar-refractivity contribution is -0.571. The predicted molar refractivity (Wildman–Crippen MR) is 88.7 cm³/mol. The van der Waals surface area contributed by atoms with E-state index in [1.165, 1.54) is 6.42 Å². The molecule has 1 N–H and O–H groups in total. The van der Waals surface area contributed by atoms with Crippen LogP contribution in [0.15, 0.2) is 0 Å². The van der Waals surface area contributed by atoms with Gasteiger partial charge in [0.25, 0.3) is 0 Å². The van der Waals surface area contributed by atoms with Gasteiger partial charge in [-0.05, 0) is 38.0 Å². The molecule has 23 heavy (non-hydrogen) atoms. The average Bonchev–Trinajstić information content (AvgIpc) is 2.76. The molecule has 4 saturated heterocycles. The zero-order valence-electron chi connectivity index (χ0n) is 14.3. The average molecular weight is 343 g/mol. The monoisotopic (exact) mass is 343 g/mol. The molecule has 1 saturated carbocycles. The first kappa shape index (κ1) is 16.6. The number of fused-ring (bicyclic) bond motifs is 2. The Morgan fingerprint density at radius 1 is 1.13 bits per heavy atom. The smallest absolute Gasteiger partial charge is 0.201 e. The van der Waals surface area contributed by atoms with Crippen molar-refractivity contribution in [3.8, 4) is 0 Å². The van der Waals surface area contributed by atoms with Crippen LogP contribution in [0.2, 0.25) is 0 Å². The predicted octanol–water partition coefficient (Wildman–Crippen LogP) is 2.71. The number of hydrogen-bond donors (Lipinski definition) is 2. The lowest BCUT2D eigenvalue weighted by Gasteiger charge is -2.60. The van der Waals surface area contributed by atoms with E-state index in [1.807, 2.05) is 6.92 Å². The topological polar surface area (TPSA) is 49.0 Å². The molecule has 0 aromatic carbocycles. The summed E-state index contributed by atoms with van der Waals surface area (Å²) >= 11 is 4.30. The first-order valence-electron chi connectivity index (χ1n) is 9.04. The summed E-state index contributed by atoms with van der Waals surface area (Å²) < 4.78 is 12.7. The van der Waals surface area contributed by atoms with Crippen molar-refractivity contribution in [3.63, 3.8) is 0 Å². The van der Waals surface area contributed by atoms with Crippen LogP contribution in [0, 0.1) is 23.7 Å². The van der Waals surface area contributed by atoms with E-state index in [9.17, 15) is 0 Å². The minimum absolute atomic E-state index is 0.0108. The van der Waals surface area contributed by atoms with Crippen molar-refractivity contribution in [1.29, 1.82) is 0 Å². The number of nitrogens with one attached hydrogen (secondary N) is 1. The van der Waals surface area contributed by atoms with Gasteiger partial charge in [-0.15, -0.1) is 0 Å². The highest BCUT2D eigenvalue weighted by Gasteiger charge is 2.69. The summed E-state index contributed by atoms with van der Waals surface area (Å²) in [6, 6.07) is 0. The highest BCUT2D eigenvalue weighted by molar-refractivity contribution is 7.80. The molecule has 0 aromatic heterocycles. The van der Waals surface area contributed by atoms with Crippen LogP contribution in [0.25, 0.3) is 0 Å². The highest BCUT2D eigenvalue weighted by atomic mass is 32.1. The molecule has 6 heteroatoms. The molecule has 0 radical (unpaired) electrons. The summed E-state index contributed by atoms with van der Waals surface area (Å²) in [6.45, 7) is 7.40. The molecule has 5 fully saturated rings. The van der Waals surface area contributed by atoms with Crippen molar-refractivity contribution >= 4 is 12.6 Å². The van der Waals surface area contributed by atoms with Crippen molar-refractivity contribution < 1.29 is 19.2 Å². The molecule has 5 aliphatic rings. The third-order valence-electron chi connectivity index (χ3n) is 6.62. The lowest BCUT2D eigenvalue weighted by Crippen LogP contribution is -2.71. The van der Waals surface area contributed by atoms with Crippen LogP contribution in [0.1, 0.15) is 46.5 Å². The third-order valence-corrected chi connectivity index (χ3v) is 6.84. The molecule has 8 atom stereocenters. The normalized spacial score (nSPS) is 55.3. The SMILES string of the molecule is C[C@H]1C(NCCS)O[C@@H]2OC3(C)CC[C@H]4[C@H](C)CCC1[C@@]24OO3. The Morgan fingerprint density at radius 2 is 1.96 bits per heavy atom. The summed E-state index contributed by atoms with van der Waals surface area (Å²) in [5.41, 5.74) is -0.452. The number of thiol groups is 1. The van der Waals surface area contributed by atoms with E-state index in [0.717, 1.165) is 31.6 Å². The molecule has 0 aromatic rings. The van der Waals surface area contributed by atoms with Crippen LogP contribution in [-0.2, 0) is 19.2 Å². The lowest BCUT2D eigenvalue weighted by atomic mass is 9.58. The van der Waals surface area contributed by atoms with E-state index >= 15 is 0 Å². The Labute approximate surface area is 144 Å². The third kappa shape index (κ3) is 2.41. The quantitative estimate of drug-likeness (QED) is 0.609. The zero-order valence-corrected chi connectivity index (χ0v) is 15.2. The Morgan fingerprint density at radius 3 is 2.74 bits per heavy atom. The molecular weight excluding hydrogens is 314 g/mol. The molecule has 4 heterocycles. The van der Waals surface area contributed by atoms with Crippen LogP contribution in [0.5, 0.6) is 0 Å². The van der Waals surface area contributed by atoms with Crippen LogP contribution >= 0.6 is 12.6 Å². The van der Waals surface area contributed by atoms with E-state index in [2.05, 4.69) is 31.8 Å². The van der Waals surface area contributed by atoms with Crippen molar-refractivity contribution in [3.05, 3.63) is 0 Å². The molecule has 4 aliphatic heterocycles. The van der Waals surface area contributed by atoms with Crippen molar-refractivity contribution in [2.24, 2.45) is 23.7 Å². The Hall–Kier alpha value is 0.150. The molecule has 3 unspecified atom stereocenters. The molecule has 1 aliphatic carbocycles. The van der Waals surface area contributed by atoms with E-state index in [4.69, 9.17) is 19.2 Å². The van der Waals surface area contributed by atoms with Crippen molar-refractivity contribution in [1.82, 2.24) is 5.32 Å². The molecule has 5 rings (SSSR count).